The Balaban J connectivity index is 1.58. The number of anilines is 2. The normalized spacial score (nSPS) is 31.4. The fourth-order valence-electron chi connectivity index (χ4n) is 6.21. The van der Waals surface area contributed by atoms with Gasteiger partial charge in [-0.1, -0.05) is 40.9 Å². The number of benzene rings is 2. The molecule has 3 fully saturated rings. The van der Waals surface area contributed by atoms with Crippen LogP contribution in [0.2, 0.25) is 10.0 Å². The van der Waals surface area contributed by atoms with Crippen LogP contribution >= 0.6 is 23.2 Å². The highest BCUT2D eigenvalue weighted by Gasteiger charge is 2.74. The van der Waals surface area contributed by atoms with Crippen molar-refractivity contribution in [1.82, 2.24) is 4.90 Å². The number of hydrogen-bond acceptors (Lipinski definition) is 4. The van der Waals surface area contributed by atoms with Gasteiger partial charge in [-0.15, -0.1) is 0 Å². The Morgan fingerprint density at radius 3 is 2.68 bits per heavy atom. The molecular formula is C23H19Cl2N3O3. The standard InChI is InChI=1S/C23H19Cl2N3O3/c1-11-4-7-15-13(9-11)23(22(31)26-15)19-18(16-3-2-8-27(16)23)20(29)28(21(19)30)17-10-12(24)5-6-14(17)25/h4-7,9-10,16,18-19H,2-3,8H2,1H3,(H,26,31)/t16-,18-,19+,23-/m1/s1. The summed E-state index contributed by atoms with van der Waals surface area (Å²) in [7, 11) is 0. The van der Waals surface area contributed by atoms with Gasteiger partial charge in [0.1, 0.15) is 5.54 Å². The van der Waals surface area contributed by atoms with Crippen LogP contribution in [-0.2, 0) is 19.9 Å². The van der Waals surface area contributed by atoms with E-state index in [0.29, 0.717) is 17.3 Å². The minimum Gasteiger partial charge on any atom is -0.324 e. The van der Waals surface area contributed by atoms with Gasteiger partial charge in [-0.05, 0) is 50.6 Å². The first-order valence-electron chi connectivity index (χ1n) is 10.4. The average Bonchev–Trinajstić information content (AvgIpc) is 3.43. The van der Waals surface area contributed by atoms with Crippen LogP contribution in [0.4, 0.5) is 11.4 Å². The van der Waals surface area contributed by atoms with Crippen molar-refractivity contribution in [3.63, 3.8) is 0 Å². The van der Waals surface area contributed by atoms with Gasteiger partial charge >= 0.3 is 0 Å². The molecule has 0 bridgehead atoms. The van der Waals surface area contributed by atoms with Crippen molar-refractivity contribution >= 4 is 52.3 Å². The highest BCUT2D eigenvalue weighted by atomic mass is 35.5. The molecule has 1 spiro atoms. The van der Waals surface area contributed by atoms with E-state index in [1.807, 2.05) is 25.1 Å². The number of rotatable bonds is 1. The first kappa shape index (κ1) is 19.3. The van der Waals surface area contributed by atoms with E-state index in [2.05, 4.69) is 10.2 Å². The summed E-state index contributed by atoms with van der Waals surface area (Å²) in [5, 5.41) is 3.64. The summed E-state index contributed by atoms with van der Waals surface area (Å²) >= 11 is 12.5. The number of nitrogens with zero attached hydrogens (tertiary/aromatic N) is 2. The molecule has 0 saturated carbocycles. The molecule has 8 heteroatoms. The molecule has 0 aliphatic carbocycles. The second kappa shape index (κ2) is 6.31. The van der Waals surface area contributed by atoms with E-state index in [0.717, 1.165) is 28.9 Å². The summed E-state index contributed by atoms with van der Waals surface area (Å²) < 4.78 is 0. The van der Waals surface area contributed by atoms with Gasteiger partial charge in [0.2, 0.25) is 17.7 Å². The van der Waals surface area contributed by atoms with Gasteiger partial charge in [-0.3, -0.25) is 19.3 Å². The first-order valence-corrected chi connectivity index (χ1v) is 11.1. The van der Waals surface area contributed by atoms with Crippen LogP contribution in [0.3, 0.4) is 0 Å². The predicted octanol–water partition coefficient (Wildman–Crippen LogP) is 3.73. The molecule has 6 nitrogen and oxygen atoms in total. The number of halogens is 2. The largest absolute Gasteiger partial charge is 0.324 e. The van der Waals surface area contributed by atoms with Crippen molar-refractivity contribution in [2.45, 2.75) is 31.3 Å². The number of hydrogen-bond donors (Lipinski definition) is 1. The molecule has 158 valence electrons. The molecule has 3 amide bonds. The van der Waals surface area contributed by atoms with Gasteiger partial charge in [-0.2, -0.15) is 0 Å². The van der Waals surface area contributed by atoms with Crippen LogP contribution in [0.5, 0.6) is 0 Å². The SMILES string of the molecule is Cc1ccc2c(c1)[C@]1(C(=O)N2)[C@@H]2C(=O)N(c3cc(Cl)ccc3Cl)C(=O)[C@@H]2[C@H]2CCCN21. The molecule has 2 aromatic rings. The number of carbonyl (C=O) groups excluding carboxylic acids is 3. The molecule has 2 aromatic carbocycles. The van der Waals surface area contributed by atoms with Crippen LogP contribution in [0.25, 0.3) is 0 Å². The van der Waals surface area contributed by atoms with E-state index >= 15 is 0 Å². The number of amides is 3. The lowest BCUT2D eigenvalue weighted by molar-refractivity contribution is -0.135. The molecular weight excluding hydrogens is 437 g/mol. The molecule has 0 unspecified atom stereocenters. The van der Waals surface area contributed by atoms with Gasteiger partial charge < -0.3 is 5.32 Å². The van der Waals surface area contributed by atoms with E-state index in [4.69, 9.17) is 23.2 Å². The lowest BCUT2D eigenvalue weighted by Crippen LogP contribution is -2.54. The van der Waals surface area contributed by atoms with Gasteiger partial charge in [-0.25, -0.2) is 4.90 Å². The lowest BCUT2D eigenvalue weighted by atomic mass is 9.75. The third-order valence-electron chi connectivity index (χ3n) is 7.30. The minimum absolute atomic E-state index is 0.165. The van der Waals surface area contributed by atoms with E-state index in [-0.39, 0.29) is 28.6 Å². The minimum atomic E-state index is -1.18. The molecule has 0 radical (unpaired) electrons. The first-order chi connectivity index (χ1) is 14.9. The van der Waals surface area contributed by atoms with Crippen LogP contribution < -0.4 is 10.2 Å². The second-order valence-corrected chi connectivity index (χ2v) is 9.63. The van der Waals surface area contributed by atoms with Crippen LogP contribution in [-0.4, -0.2) is 35.2 Å². The topological polar surface area (TPSA) is 69.7 Å². The van der Waals surface area contributed by atoms with Crippen molar-refractivity contribution in [2.75, 3.05) is 16.8 Å². The third kappa shape index (κ3) is 2.25. The fraction of sp³-hybridized carbons (Fsp3) is 0.348. The number of aryl methyl sites for hydroxylation is 1. The zero-order valence-corrected chi connectivity index (χ0v) is 18.2. The third-order valence-corrected chi connectivity index (χ3v) is 7.85. The Morgan fingerprint density at radius 2 is 1.87 bits per heavy atom. The summed E-state index contributed by atoms with van der Waals surface area (Å²) in [5.74, 6) is -2.32. The summed E-state index contributed by atoms with van der Waals surface area (Å²) in [6, 6.07) is 10.3. The Bertz CT molecular complexity index is 1200. The lowest BCUT2D eigenvalue weighted by Gasteiger charge is -2.36. The van der Waals surface area contributed by atoms with E-state index in [1.54, 1.807) is 12.1 Å². The fourth-order valence-corrected chi connectivity index (χ4v) is 6.58. The summed E-state index contributed by atoms with van der Waals surface area (Å²) in [5.41, 5.74) is 1.60. The van der Waals surface area contributed by atoms with E-state index in [9.17, 15) is 14.4 Å². The van der Waals surface area contributed by atoms with Gasteiger partial charge in [0, 0.05) is 22.3 Å². The molecule has 4 aliphatic rings. The molecule has 4 heterocycles. The zero-order valence-electron chi connectivity index (χ0n) is 16.7. The summed E-state index contributed by atoms with van der Waals surface area (Å²) in [6.07, 6.45) is 1.65. The van der Waals surface area contributed by atoms with Gasteiger partial charge in [0.15, 0.2) is 0 Å². The number of imide groups is 1. The molecule has 6 rings (SSSR count). The van der Waals surface area contributed by atoms with Crippen LogP contribution in [0.1, 0.15) is 24.0 Å². The Hall–Kier alpha value is -2.41. The molecule has 4 aliphatic heterocycles. The number of nitrogens with one attached hydrogen (secondary N) is 1. The zero-order chi connectivity index (χ0) is 21.7. The van der Waals surface area contributed by atoms with E-state index in [1.165, 1.54) is 6.07 Å². The summed E-state index contributed by atoms with van der Waals surface area (Å²) in [4.78, 5) is 44.4. The van der Waals surface area contributed by atoms with Crippen molar-refractivity contribution in [3.05, 3.63) is 57.6 Å². The van der Waals surface area contributed by atoms with Gasteiger partial charge in [0.25, 0.3) is 0 Å². The maximum atomic E-state index is 13.9. The number of fused-ring (bicyclic) bond motifs is 7. The Morgan fingerprint density at radius 1 is 1.06 bits per heavy atom. The molecule has 3 saturated heterocycles. The monoisotopic (exact) mass is 455 g/mol. The molecule has 1 N–H and O–H groups in total. The highest BCUT2D eigenvalue weighted by molar-refractivity contribution is 6.38. The quantitative estimate of drug-likeness (QED) is 0.665. The number of carbonyl (C=O) groups is 3. The second-order valence-electron chi connectivity index (χ2n) is 8.78. The van der Waals surface area contributed by atoms with Gasteiger partial charge in [0.05, 0.1) is 22.5 Å². The maximum absolute atomic E-state index is 13.9. The summed E-state index contributed by atoms with van der Waals surface area (Å²) in [6.45, 7) is 2.64. The Kier molecular flexibility index (Phi) is 3.93. The molecule has 31 heavy (non-hydrogen) atoms. The van der Waals surface area contributed by atoms with Crippen LogP contribution in [0, 0.1) is 18.8 Å². The van der Waals surface area contributed by atoms with Crippen molar-refractivity contribution in [1.29, 1.82) is 0 Å². The van der Waals surface area contributed by atoms with E-state index < -0.39 is 23.3 Å². The predicted molar refractivity (Wildman–Crippen MR) is 117 cm³/mol. The van der Waals surface area contributed by atoms with Crippen LogP contribution in [0.15, 0.2) is 36.4 Å². The Labute approximate surface area is 189 Å². The smallest absolute Gasteiger partial charge is 0.250 e. The maximum Gasteiger partial charge on any atom is 0.250 e. The average molecular weight is 456 g/mol. The van der Waals surface area contributed by atoms with Crippen molar-refractivity contribution < 1.29 is 14.4 Å². The van der Waals surface area contributed by atoms with Crippen molar-refractivity contribution in [3.8, 4) is 0 Å². The van der Waals surface area contributed by atoms with Crippen molar-refractivity contribution in [2.24, 2.45) is 11.8 Å². The molecule has 4 atom stereocenters. The molecule has 0 aromatic heterocycles. The highest BCUT2D eigenvalue weighted by Crippen LogP contribution is 2.61.